The van der Waals surface area contributed by atoms with Gasteiger partial charge in [-0.05, 0) is 72.5 Å². The van der Waals surface area contributed by atoms with Crippen molar-refractivity contribution in [1.29, 1.82) is 0 Å². The molecule has 0 spiro atoms. The highest BCUT2D eigenvalue weighted by Crippen LogP contribution is 2.24. The van der Waals surface area contributed by atoms with Crippen LogP contribution in [0.3, 0.4) is 0 Å². The number of unbranched alkanes of at least 4 members (excludes halogenated alkanes) is 2. The lowest BCUT2D eigenvalue weighted by Crippen LogP contribution is -2.35. The summed E-state index contributed by atoms with van der Waals surface area (Å²) in [6.45, 7) is 19.9. The van der Waals surface area contributed by atoms with Gasteiger partial charge >= 0.3 is 0 Å². The van der Waals surface area contributed by atoms with Gasteiger partial charge in [0, 0.05) is 18.6 Å². The Labute approximate surface area is 146 Å². The van der Waals surface area contributed by atoms with E-state index < -0.39 is 0 Å². The van der Waals surface area contributed by atoms with Crippen molar-refractivity contribution < 1.29 is 5.11 Å². The van der Waals surface area contributed by atoms with Crippen molar-refractivity contribution in [2.45, 2.75) is 98.8 Å². The SMILES string of the molecule is CC1CCN(C(C)C)C1C.CCCCCN(CCC)CC(C)O. The summed E-state index contributed by atoms with van der Waals surface area (Å²) in [4.78, 5) is 4.95. The van der Waals surface area contributed by atoms with Gasteiger partial charge in [-0.3, -0.25) is 4.90 Å². The smallest absolute Gasteiger partial charge is 0.0639 e. The Kier molecular flexibility index (Phi) is 13.1. The molecule has 1 aliphatic heterocycles. The lowest BCUT2D eigenvalue weighted by atomic mass is 10.1. The topological polar surface area (TPSA) is 26.7 Å². The summed E-state index contributed by atoms with van der Waals surface area (Å²) in [6, 6.07) is 1.54. The summed E-state index contributed by atoms with van der Waals surface area (Å²) in [6.07, 6.45) is 6.23. The summed E-state index contributed by atoms with van der Waals surface area (Å²) in [7, 11) is 0. The van der Waals surface area contributed by atoms with Crippen LogP contribution in [-0.4, -0.2) is 59.3 Å². The Balaban J connectivity index is 0.000000433. The number of rotatable bonds is 9. The van der Waals surface area contributed by atoms with Crippen molar-refractivity contribution >= 4 is 0 Å². The van der Waals surface area contributed by atoms with Crippen LogP contribution in [0.25, 0.3) is 0 Å². The molecule has 3 heteroatoms. The average Bonchev–Trinajstić information content (AvgIpc) is 2.79. The first-order valence-electron chi connectivity index (χ1n) is 9.99. The van der Waals surface area contributed by atoms with Crippen LogP contribution in [0.1, 0.15) is 80.6 Å². The van der Waals surface area contributed by atoms with Crippen LogP contribution >= 0.6 is 0 Å². The van der Waals surface area contributed by atoms with Crippen LogP contribution < -0.4 is 0 Å². The Morgan fingerprint density at radius 1 is 1.04 bits per heavy atom. The second-order valence-corrected chi connectivity index (χ2v) is 7.69. The van der Waals surface area contributed by atoms with Gasteiger partial charge in [0.05, 0.1) is 6.10 Å². The fraction of sp³-hybridized carbons (Fsp3) is 1.00. The van der Waals surface area contributed by atoms with Gasteiger partial charge in [0.1, 0.15) is 0 Å². The van der Waals surface area contributed by atoms with E-state index in [1.165, 1.54) is 38.6 Å². The van der Waals surface area contributed by atoms with E-state index in [-0.39, 0.29) is 6.10 Å². The lowest BCUT2D eigenvalue weighted by Gasteiger charge is -2.26. The Hall–Kier alpha value is -0.120. The van der Waals surface area contributed by atoms with Gasteiger partial charge in [-0.1, -0.05) is 33.6 Å². The molecule has 1 saturated heterocycles. The highest BCUT2D eigenvalue weighted by atomic mass is 16.3. The monoisotopic (exact) mass is 328 g/mol. The van der Waals surface area contributed by atoms with E-state index in [0.29, 0.717) is 0 Å². The minimum Gasteiger partial charge on any atom is -0.392 e. The predicted molar refractivity (Wildman–Crippen MR) is 103 cm³/mol. The molecule has 0 aromatic heterocycles. The highest BCUT2D eigenvalue weighted by molar-refractivity contribution is 4.82. The van der Waals surface area contributed by atoms with Crippen molar-refractivity contribution in [2.24, 2.45) is 5.92 Å². The number of hydrogen-bond acceptors (Lipinski definition) is 3. The molecule has 0 aliphatic carbocycles. The predicted octanol–water partition coefficient (Wildman–Crippen LogP) is 4.39. The molecule has 0 radical (unpaired) electrons. The molecule has 1 fully saturated rings. The van der Waals surface area contributed by atoms with Gasteiger partial charge in [0.2, 0.25) is 0 Å². The van der Waals surface area contributed by atoms with Crippen molar-refractivity contribution in [1.82, 2.24) is 9.80 Å². The number of aliphatic hydroxyl groups excluding tert-OH is 1. The third-order valence-corrected chi connectivity index (χ3v) is 4.99. The van der Waals surface area contributed by atoms with Crippen molar-refractivity contribution in [2.75, 3.05) is 26.2 Å². The second-order valence-electron chi connectivity index (χ2n) is 7.69. The fourth-order valence-corrected chi connectivity index (χ4v) is 3.42. The van der Waals surface area contributed by atoms with Gasteiger partial charge in [0.15, 0.2) is 0 Å². The molecule has 0 amide bonds. The molecule has 0 aromatic carbocycles. The average molecular weight is 329 g/mol. The summed E-state index contributed by atoms with van der Waals surface area (Å²) in [5, 5.41) is 9.26. The molecule has 3 unspecified atom stereocenters. The molecule has 3 atom stereocenters. The zero-order valence-electron chi connectivity index (χ0n) is 17.0. The van der Waals surface area contributed by atoms with Gasteiger partial charge in [-0.2, -0.15) is 0 Å². The third-order valence-electron chi connectivity index (χ3n) is 4.99. The highest BCUT2D eigenvalue weighted by Gasteiger charge is 2.28. The molecule has 1 heterocycles. The van der Waals surface area contributed by atoms with E-state index in [4.69, 9.17) is 0 Å². The van der Waals surface area contributed by atoms with Gasteiger partial charge in [-0.25, -0.2) is 0 Å². The minimum absolute atomic E-state index is 0.187. The van der Waals surface area contributed by atoms with Crippen LogP contribution in [0.5, 0.6) is 0 Å². The summed E-state index contributed by atoms with van der Waals surface area (Å²) in [5.41, 5.74) is 0. The van der Waals surface area contributed by atoms with E-state index >= 15 is 0 Å². The minimum atomic E-state index is -0.187. The zero-order chi connectivity index (χ0) is 17.8. The van der Waals surface area contributed by atoms with Crippen LogP contribution in [0.15, 0.2) is 0 Å². The zero-order valence-corrected chi connectivity index (χ0v) is 17.0. The molecule has 23 heavy (non-hydrogen) atoms. The first kappa shape index (κ1) is 22.9. The van der Waals surface area contributed by atoms with Crippen molar-refractivity contribution in [3.63, 3.8) is 0 Å². The summed E-state index contributed by atoms with van der Waals surface area (Å²) >= 11 is 0. The van der Waals surface area contributed by atoms with Crippen LogP contribution in [0.4, 0.5) is 0 Å². The third kappa shape index (κ3) is 10.4. The Bertz CT molecular complexity index is 268. The second kappa shape index (κ2) is 13.2. The molecular formula is C20H44N2O. The van der Waals surface area contributed by atoms with E-state index in [2.05, 4.69) is 51.3 Å². The maximum Gasteiger partial charge on any atom is 0.0639 e. The normalized spacial score (nSPS) is 23.2. The molecule has 1 aliphatic rings. The largest absolute Gasteiger partial charge is 0.392 e. The Morgan fingerprint density at radius 2 is 1.70 bits per heavy atom. The number of hydrogen-bond donors (Lipinski definition) is 1. The number of aliphatic hydroxyl groups is 1. The van der Waals surface area contributed by atoms with Crippen molar-refractivity contribution in [3.8, 4) is 0 Å². The van der Waals surface area contributed by atoms with E-state index in [0.717, 1.165) is 37.6 Å². The molecule has 1 rings (SSSR count). The van der Waals surface area contributed by atoms with E-state index in [1.807, 2.05) is 6.92 Å². The van der Waals surface area contributed by atoms with Gasteiger partial charge in [-0.15, -0.1) is 0 Å². The van der Waals surface area contributed by atoms with Crippen molar-refractivity contribution in [3.05, 3.63) is 0 Å². The molecule has 140 valence electrons. The van der Waals surface area contributed by atoms with Gasteiger partial charge < -0.3 is 10.0 Å². The molecule has 0 bridgehead atoms. The van der Waals surface area contributed by atoms with Crippen LogP contribution in [0.2, 0.25) is 0 Å². The molecule has 0 saturated carbocycles. The molecule has 1 N–H and O–H groups in total. The van der Waals surface area contributed by atoms with E-state index in [1.54, 1.807) is 0 Å². The summed E-state index contributed by atoms with van der Waals surface area (Å²) < 4.78 is 0. The first-order chi connectivity index (χ1) is 10.8. The molecular weight excluding hydrogens is 284 g/mol. The fourth-order valence-electron chi connectivity index (χ4n) is 3.42. The van der Waals surface area contributed by atoms with Gasteiger partial charge in [0.25, 0.3) is 0 Å². The summed E-state index contributed by atoms with van der Waals surface area (Å²) in [5.74, 6) is 0.905. The van der Waals surface area contributed by atoms with Crippen LogP contribution in [0, 0.1) is 5.92 Å². The Morgan fingerprint density at radius 3 is 2.04 bits per heavy atom. The van der Waals surface area contributed by atoms with E-state index in [9.17, 15) is 5.11 Å². The maximum absolute atomic E-state index is 9.26. The van der Waals surface area contributed by atoms with Crippen LogP contribution in [-0.2, 0) is 0 Å². The first-order valence-corrected chi connectivity index (χ1v) is 9.99. The maximum atomic E-state index is 9.26. The quantitative estimate of drug-likeness (QED) is 0.636. The standard InChI is InChI=1S/C11H25NO.C9H19N/c1-4-6-7-9-12(8-5-2)10-11(3)13;1-7(2)10-6-5-8(3)9(10)4/h11,13H,4-10H2,1-3H3;7-9H,5-6H2,1-4H3. The lowest BCUT2D eigenvalue weighted by molar-refractivity contribution is 0.125. The number of nitrogens with zero attached hydrogens (tertiary/aromatic N) is 2. The molecule has 3 nitrogen and oxygen atoms in total. The number of likely N-dealkylation sites (tertiary alicyclic amines) is 1. The molecule has 0 aromatic rings.